The van der Waals surface area contributed by atoms with Crippen LogP contribution in [-0.4, -0.2) is 36.1 Å². The van der Waals surface area contributed by atoms with Crippen molar-refractivity contribution < 1.29 is 14.6 Å². The first-order valence-electron chi connectivity index (χ1n) is 8.47. The molecule has 3 fully saturated rings. The largest absolute Gasteiger partial charge is 0.390 e. The average molecular weight is 282 g/mol. The molecule has 2 aliphatic heterocycles. The van der Waals surface area contributed by atoms with Gasteiger partial charge in [0.25, 0.3) is 0 Å². The molecule has 116 valence electrons. The van der Waals surface area contributed by atoms with Crippen LogP contribution in [0, 0.1) is 17.8 Å². The number of rotatable bonds is 1. The van der Waals surface area contributed by atoms with Crippen molar-refractivity contribution in [1.29, 1.82) is 0 Å². The Morgan fingerprint density at radius 1 is 0.900 bits per heavy atom. The van der Waals surface area contributed by atoms with Crippen molar-refractivity contribution in [3.8, 4) is 0 Å². The van der Waals surface area contributed by atoms with Crippen molar-refractivity contribution >= 4 is 0 Å². The zero-order valence-corrected chi connectivity index (χ0v) is 13.1. The van der Waals surface area contributed by atoms with E-state index in [4.69, 9.17) is 9.47 Å². The second-order valence-electron chi connectivity index (χ2n) is 7.63. The second kappa shape index (κ2) is 5.58. The molecular formula is C17H30O3. The Bertz CT molecular complexity index is 332. The van der Waals surface area contributed by atoms with Crippen LogP contribution in [0.4, 0.5) is 0 Å². The molecule has 0 aromatic heterocycles. The molecule has 20 heavy (non-hydrogen) atoms. The van der Waals surface area contributed by atoms with Crippen LogP contribution in [0.5, 0.6) is 0 Å². The van der Waals surface area contributed by atoms with E-state index in [1.54, 1.807) is 0 Å². The topological polar surface area (TPSA) is 38.7 Å². The van der Waals surface area contributed by atoms with Gasteiger partial charge in [-0.25, -0.2) is 0 Å². The monoisotopic (exact) mass is 282 g/mol. The molecule has 4 unspecified atom stereocenters. The van der Waals surface area contributed by atoms with Gasteiger partial charge in [0, 0.05) is 19.8 Å². The fourth-order valence-electron chi connectivity index (χ4n) is 4.57. The second-order valence-corrected chi connectivity index (χ2v) is 7.63. The van der Waals surface area contributed by atoms with Crippen molar-refractivity contribution in [1.82, 2.24) is 0 Å². The molecule has 1 spiro atoms. The number of hydrogen-bond donors (Lipinski definition) is 1. The van der Waals surface area contributed by atoms with E-state index in [1.165, 1.54) is 6.42 Å². The van der Waals surface area contributed by atoms with E-state index < -0.39 is 5.60 Å². The molecule has 0 bridgehead atoms. The van der Waals surface area contributed by atoms with Gasteiger partial charge in [-0.3, -0.25) is 0 Å². The summed E-state index contributed by atoms with van der Waals surface area (Å²) in [4.78, 5) is 0. The van der Waals surface area contributed by atoms with Crippen LogP contribution >= 0.6 is 0 Å². The van der Waals surface area contributed by atoms with Gasteiger partial charge in [0.1, 0.15) is 0 Å². The molecule has 2 heterocycles. The molecule has 3 rings (SSSR count). The van der Waals surface area contributed by atoms with Crippen LogP contribution < -0.4 is 0 Å². The predicted octanol–water partition coefficient (Wildman–Crippen LogP) is 3.15. The van der Waals surface area contributed by atoms with Gasteiger partial charge in [-0.2, -0.15) is 0 Å². The van der Waals surface area contributed by atoms with Gasteiger partial charge in [0.15, 0.2) is 0 Å². The van der Waals surface area contributed by atoms with Gasteiger partial charge >= 0.3 is 0 Å². The summed E-state index contributed by atoms with van der Waals surface area (Å²) in [7, 11) is 0. The molecule has 0 aromatic rings. The lowest BCUT2D eigenvalue weighted by atomic mass is 9.64. The molecule has 1 N–H and O–H groups in total. The zero-order chi connectivity index (χ0) is 14.2. The summed E-state index contributed by atoms with van der Waals surface area (Å²) in [6.07, 6.45) is 7.21. The normalized spacial score (nSPS) is 45.5. The summed E-state index contributed by atoms with van der Waals surface area (Å²) >= 11 is 0. The summed E-state index contributed by atoms with van der Waals surface area (Å²) in [5.41, 5.74) is -0.440. The standard InChI is InChI=1S/C17H30O3/c1-13-3-5-17(18,11-14(13)2)15-4-8-20-16(12-15)6-9-19-10-7-16/h13-15,18H,3-12H2,1-2H3. The van der Waals surface area contributed by atoms with Gasteiger partial charge in [0.2, 0.25) is 0 Å². The van der Waals surface area contributed by atoms with Gasteiger partial charge in [-0.1, -0.05) is 13.8 Å². The molecule has 1 saturated carbocycles. The van der Waals surface area contributed by atoms with Crippen LogP contribution in [-0.2, 0) is 9.47 Å². The van der Waals surface area contributed by atoms with Crippen molar-refractivity contribution in [3.05, 3.63) is 0 Å². The molecular weight excluding hydrogens is 252 g/mol. The fourth-order valence-corrected chi connectivity index (χ4v) is 4.57. The van der Waals surface area contributed by atoms with E-state index in [0.717, 1.165) is 64.3 Å². The van der Waals surface area contributed by atoms with Crippen molar-refractivity contribution in [2.24, 2.45) is 17.8 Å². The molecule has 3 aliphatic rings. The highest BCUT2D eigenvalue weighted by Crippen LogP contribution is 2.47. The number of ether oxygens (including phenoxy) is 2. The Labute approximate surface area is 123 Å². The average Bonchev–Trinajstić information content (AvgIpc) is 2.44. The maximum Gasteiger partial charge on any atom is 0.0730 e. The van der Waals surface area contributed by atoms with Crippen molar-refractivity contribution in [3.63, 3.8) is 0 Å². The molecule has 0 radical (unpaired) electrons. The minimum absolute atomic E-state index is 0.00317. The van der Waals surface area contributed by atoms with Crippen molar-refractivity contribution in [2.45, 2.75) is 70.0 Å². The van der Waals surface area contributed by atoms with Crippen LogP contribution in [0.3, 0.4) is 0 Å². The van der Waals surface area contributed by atoms with E-state index in [9.17, 15) is 5.11 Å². The number of hydrogen-bond acceptors (Lipinski definition) is 3. The third-order valence-electron chi connectivity index (χ3n) is 6.34. The van der Waals surface area contributed by atoms with Crippen LogP contribution in [0.2, 0.25) is 0 Å². The lowest BCUT2D eigenvalue weighted by molar-refractivity contribution is -0.184. The Morgan fingerprint density at radius 2 is 1.65 bits per heavy atom. The van der Waals surface area contributed by atoms with Gasteiger partial charge in [0.05, 0.1) is 11.2 Å². The fraction of sp³-hybridized carbons (Fsp3) is 1.00. The third-order valence-corrected chi connectivity index (χ3v) is 6.34. The molecule has 3 heteroatoms. The van der Waals surface area contributed by atoms with Crippen molar-refractivity contribution in [2.75, 3.05) is 19.8 Å². The highest BCUT2D eigenvalue weighted by atomic mass is 16.5. The predicted molar refractivity (Wildman–Crippen MR) is 78.6 cm³/mol. The van der Waals surface area contributed by atoms with Gasteiger partial charge in [-0.15, -0.1) is 0 Å². The first-order chi connectivity index (χ1) is 9.53. The van der Waals surface area contributed by atoms with E-state index >= 15 is 0 Å². The molecule has 2 saturated heterocycles. The summed E-state index contributed by atoms with van der Waals surface area (Å²) in [6.45, 7) is 7.08. The lowest BCUT2D eigenvalue weighted by Crippen LogP contribution is -2.52. The minimum Gasteiger partial charge on any atom is -0.390 e. The van der Waals surface area contributed by atoms with Crippen LogP contribution in [0.15, 0.2) is 0 Å². The molecule has 0 aromatic carbocycles. The summed E-state index contributed by atoms with van der Waals surface area (Å²) in [6, 6.07) is 0. The summed E-state index contributed by atoms with van der Waals surface area (Å²) in [5, 5.41) is 11.2. The van der Waals surface area contributed by atoms with E-state index in [0.29, 0.717) is 11.8 Å². The smallest absolute Gasteiger partial charge is 0.0730 e. The lowest BCUT2D eigenvalue weighted by Gasteiger charge is -2.50. The molecule has 1 aliphatic carbocycles. The zero-order valence-electron chi connectivity index (χ0n) is 13.1. The molecule has 3 nitrogen and oxygen atoms in total. The quantitative estimate of drug-likeness (QED) is 0.803. The molecule has 4 atom stereocenters. The number of aliphatic hydroxyl groups is 1. The van der Waals surface area contributed by atoms with E-state index in [2.05, 4.69) is 13.8 Å². The van der Waals surface area contributed by atoms with Gasteiger partial charge < -0.3 is 14.6 Å². The molecule has 0 amide bonds. The Kier molecular flexibility index (Phi) is 4.13. The SMILES string of the molecule is CC1CCC(O)(C2CCOC3(CCOCC3)C2)CC1C. The maximum atomic E-state index is 11.2. The first kappa shape index (κ1) is 14.8. The Balaban J connectivity index is 1.69. The highest BCUT2D eigenvalue weighted by Gasteiger charge is 2.48. The van der Waals surface area contributed by atoms with Crippen LogP contribution in [0.1, 0.15) is 58.8 Å². The first-order valence-corrected chi connectivity index (χ1v) is 8.47. The van der Waals surface area contributed by atoms with E-state index in [1.807, 2.05) is 0 Å². The highest BCUT2D eigenvalue weighted by molar-refractivity contribution is 4.99. The minimum atomic E-state index is -0.443. The Morgan fingerprint density at radius 3 is 2.35 bits per heavy atom. The van der Waals surface area contributed by atoms with Gasteiger partial charge in [-0.05, 0) is 62.7 Å². The third kappa shape index (κ3) is 2.77. The van der Waals surface area contributed by atoms with E-state index in [-0.39, 0.29) is 5.60 Å². The Hall–Kier alpha value is -0.120. The summed E-state index contributed by atoms with van der Waals surface area (Å²) in [5.74, 6) is 1.82. The van der Waals surface area contributed by atoms with Crippen LogP contribution in [0.25, 0.3) is 0 Å². The maximum absolute atomic E-state index is 11.2. The summed E-state index contributed by atoms with van der Waals surface area (Å²) < 4.78 is 11.6.